The monoisotopic (exact) mass is 282 g/mol. The molecule has 3 heteroatoms. The summed E-state index contributed by atoms with van der Waals surface area (Å²) in [4.78, 5) is 22.4. The molecule has 0 spiro atoms. The molecule has 0 heterocycles. The van der Waals surface area contributed by atoms with Gasteiger partial charge in [0.25, 0.3) is 0 Å². The number of esters is 1. The van der Waals surface area contributed by atoms with E-state index >= 15 is 0 Å². The number of methoxy groups -OCH3 is 1. The van der Waals surface area contributed by atoms with Crippen LogP contribution in [-0.2, 0) is 14.3 Å². The summed E-state index contributed by atoms with van der Waals surface area (Å²) in [6.45, 7) is 2.15. The molecule has 0 aliphatic heterocycles. The van der Waals surface area contributed by atoms with Crippen molar-refractivity contribution in [2.24, 2.45) is 0 Å². The molecule has 0 amide bonds. The first-order valence-corrected chi connectivity index (χ1v) is 7.94. The van der Waals surface area contributed by atoms with Crippen molar-refractivity contribution in [2.45, 2.75) is 77.6 Å². The van der Waals surface area contributed by atoms with E-state index in [9.17, 15) is 9.59 Å². The van der Waals surface area contributed by atoms with Crippen LogP contribution >= 0.6 is 0 Å². The average molecular weight is 282 g/mol. The Labute approximate surface area is 123 Å². The number of rotatable bonds is 13. The summed E-state index contributed by atoms with van der Waals surface area (Å²) in [6.07, 6.45) is 14.5. The first kappa shape index (κ1) is 18.9. The molecule has 20 heavy (non-hydrogen) atoms. The summed E-state index contributed by atoms with van der Waals surface area (Å²) in [5.74, 6) is 0.267. The number of ether oxygens (including phenoxy) is 1. The minimum absolute atomic E-state index is 0.123. The summed E-state index contributed by atoms with van der Waals surface area (Å²) in [7, 11) is 1.43. The highest BCUT2D eigenvalue weighted by Crippen LogP contribution is 2.07. The van der Waals surface area contributed by atoms with Gasteiger partial charge in [0.05, 0.1) is 7.11 Å². The van der Waals surface area contributed by atoms with Crippen LogP contribution in [0.15, 0.2) is 12.2 Å². The molecule has 0 atom stereocenters. The van der Waals surface area contributed by atoms with Gasteiger partial charge in [-0.15, -0.1) is 0 Å². The molecule has 0 unspecified atom stereocenters. The van der Waals surface area contributed by atoms with Gasteiger partial charge in [0.1, 0.15) is 5.78 Å². The third kappa shape index (κ3) is 13.3. The molecule has 0 N–H and O–H groups in total. The minimum Gasteiger partial charge on any atom is -0.469 e. The zero-order valence-corrected chi connectivity index (χ0v) is 13.2. The lowest BCUT2D eigenvalue weighted by molar-refractivity contribution is -0.140. The molecular weight excluding hydrogens is 252 g/mol. The van der Waals surface area contributed by atoms with Gasteiger partial charge in [-0.1, -0.05) is 38.3 Å². The van der Waals surface area contributed by atoms with Crippen molar-refractivity contribution in [1.29, 1.82) is 0 Å². The third-order valence-corrected chi connectivity index (χ3v) is 3.30. The maximum Gasteiger partial charge on any atom is 0.305 e. The molecule has 0 aliphatic carbocycles. The standard InChI is InChI=1S/C17H30O3/c1-3-4-10-13-16(18)14-11-8-6-5-7-9-12-15-17(19)20-2/h6,8H,3-5,7,9-15H2,1-2H3. The molecule has 3 nitrogen and oxygen atoms in total. The maximum atomic E-state index is 11.5. The second-order valence-electron chi connectivity index (χ2n) is 5.18. The van der Waals surface area contributed by atoms with Crippen LogP contribution in [0.3, 0.4) is 0 Å². The largest absolute Gasteiger partial charge is 0.469 e. The van der Waals surface area contributed by atoms with Crippen LogP contribution in [0, 0.1) is 0 Å². The van der Waals surface area contributed by atoms with Gasteiger partial charge in [-0.2, -0.15) is 0 Å². The second-order valence-corrected chi connectivity index (χ2v) is 5.18. The Balaban J connectivity index is 3.31. The van der Waals surface area contributed by atoms with Crippen LogP contribution in [0.25, 0.3) is 0 Å². The molecule has 0 saturated heterocycles. The van der Waals surface area contributed by atoms with E-state index in [2.05, 4.69) is 23.8 Å². The Kier molecular flexibility index (Phi) is 13.5. The lowest BCUT2D eigenvalue weighted by Gasteiger charge is -1.99. The fraction of sp³-hybridized carbons (Fsp3) is 0.765. The van der Waals surface area contributed by atoms with E-state index in [-0.39, 0.29) is 5.97 Å². The fourth-order valence-electron chi connectivity index (χ4n) is 1.99. The predicted octanol–water partition coefficient (Wildman–Crippen LogP) is 4.60. The topological polar surface area (TPSA) is 43.4 Å². The molecule has 0 fully saturated rings. The first-order chi connectivity index (χ1) is 9.70. The summed E-state index contributed by atoms with van der Waals surface area (Å²) < 4.78 is 4.58. The number of carbonyl (C=O) groups is 2. The van der Waals surface area contributed by atoms with Gasteiger partial charge < -0.3 is 4.74 Å². The smallest absolute Gasteiger partial charge is 0.305 e. The van der Waals surface area contributed by atoms with Gasteiger partial charge in [-0.3, -0.25) is 9.59 Å². The van der Waals surface area contributed by atoms with Crippen molar-refractivity contribution in [3.05, 3.63) is 12.2 Å². The van der Waals surface area contributed by atoms with Crippen molar-refractivity contribution in [3.8, 4) is 0 Å². The number of hydrogen-bond acceptors (Lipinski definition) is 3. The second kappa shape index (κ2) is 14.3. The Morgan fingerprint density at radius 1 is 0.850 bits per heavy atom. The average Bonchev–Trinajstić information content (AvgIpc) is 2.45. The van der Waals surface area contributed by atoms with Gasteiger partial charge in [0.15, 0.2) is 0 Å². The molecule has 0 bridgehead atoms. The van der Waals surface area contributed by atoms with E-state index in [0.29, 0.717) is 18.6 Å². The van der Waals surface area contributed by atoms with E-state index < -0.39 is 0 Å². The summed E-state index contributed by atoms with van der Waals surface area (Å²) in [5.41, 5.74) is 0. The van der Waals surface area contributed by atoms with Crippen molar-refractivity contribution < 1.29 is 14.3 Å². The molecule has 0 aromatic heterocycles. The van der Waals surface area contributed by atoms with Gasteiger partial charge >= 0.3 is 5.97 Å². The Hall–Kier alpha value is -1.12. The molecule has 0 aliphatic rings. The zero-order chi connectivity index (χ0) is 15.1. The van der Waals surface area contributed by atoms with Gasteiger partial charge in [-0.25, -0.2) is 0 Å². The van der Waals surface area contributed by atoms with Gasteiger partial charge in [0.2, 0.25) is 0 Å². The Morgan fingerprint density at radius 2 is 1.55 bits per heavy atom. The Morgan fingerprint density at radius 3 is 2.25 bits per heavy atom. The molecular formula is C17H30O3. The first-order valence-electron chi connectivity index (χ1n) is 7.94. The highest BCUT2D eigenvalue weighted by molar-refractivity contribution is 5.78. The molecule has 0 rings (SSSR count). The van der Waals surface area contributed by atoms with Crippen LogP contribution in [-0.4, -0.2) is 18.9 Å². The van der Waals surface area contributed by atoms with Gasteiger partial charge in [0, 0.05) is 19.3 Å². The zero-order valence-electron chi connectivity index (χ0n) is 13.2. The number of unbranched alkanes of at least 4 members (excludes halogenated alkanes) is 5. The molecule has 0 saturated carbocycles. The lowest BCUT2D eigenvalue weighted by atomic mass is 10.1. The predicted molar refractivity (Wildman–Crippen MR) is 82.6 cm³/mol. The maximum absolute atomic E-state index is 11.5. The third-order valence-electron chi connectivity index (χ3n) is 3.30. The van der Waals surface area contributed by atoms with Crippen LogP contribution in [0.4, 0.5) is 0 Å². The summed E-state index contributed by atoms with van der Waals surface area (Å²) in [6, 6.07) is 0. The molecule has 0 aromatic rings. The van der Waals surface area contributed by atoms with E-state index in [1.165, 1.54) is 13.5 Å². The van der Waals surface area contributed by atoms with Crippen LogP contribution in [0.5, 0.6) is 0 Å². The molecule has 116 valence electrons. The van der Waals surface area contributed by atoms with Crippen LogP contribution in [0.2, 0.25) is 0 Å². The number of allylic oxidation sites excluding steroid dienone is 2. The lowest BCUT2D eigenvalue weighted by Crippen LogP contribution is -1.98. The van der Waals surface area contributed by atoms with E-state index in [0.717, 1.165) is 51.4 Å². The molecule has 0 radical (unpaired) electrons. The SMILES string of the molecule is CCCCCC(=O)CCC=CCCCCCC(=O)OC. The number of ketones is 1. The van der Waals surface area contributed by atoms with E-state index in [1.54, 1.807) is 0 Å². The highest BCUT2D eigenvalue weighted by Gasteiger charge is 2.00. The van der Waals surface area contributed by atoms with Crippen molar-refractivity contribution in [3.63, 3.8) is 0 Å². The molecule has 0 aromatic carbocycles. The van der Waals surface area contributed by atoms with Crippen molar-refractivity contribution in [2.75, 3.05) is 7.11 Å². The fourth-order valence-corrected chi connectivity index (χ4v) is 1.99. The number of carbonyl (C=O) groups excluding carboxylic acids is 2. The van der Waals surface area contributed by atoms with Gasteiger partial charge in [-0.05, 0) is 32.1 Å². The summed E-state index contributed by atoms with van der Waals surface area (Å²) in [5, 5.41) is 0. The normalized spacial score (nSPS) is 10.9. The van der Waals surface area contributed by atoms with Crippen LogP contribution < -0.4 is 0 Å². The minimum atomic E-state index is -0.123. The van der Waals surface area contributed by atoms with Crippen LogP contribution in [0.1, 0.15) is 77.6 Å². The summed E-state index contributed by atoms with van der Waals surface area (Å²) >= 11 is 0. The van der Waals surface area contributed by atoms with Crippen molar-refractivity contribution >= 4 is 11.8 Å². The highest BCUT2D eigenvalue weighted by atomic mass is 16.5. The number of hydrogen-bond donors (Lipinski definition) is 0. The van der Waals surface area contributed by atoms with E-state index in [1.807, 2.05) is 0 Å². The number of Topliss-reactive ketones (excluding diaryl/α,β-unsaturated/α-hetero) is 1. The quantitative estimate of drug-likeness (QED) is 0.282. The Bertz CT molecular complexity index is 282. The van der Waals surface area contributed by atoms with E-state index in [4.69, 9.17) is 0 Å². The van der Waals surface area contributed by atoms with Crippen molar-refractivity contribution in [1.82, 2.24) is 0 Å².